The highest BCUT2D eigenvalue weighted by Crippen LogP contribution is 2.35. The Bertz CT molecular complexity index is 690. The molecule has 0 fully saturated rings. The first-order valence-electron chi connectivity index (χ1n) is 5.38. The number of carbonyl (C=O) groups excluding carboxylic acids is 1. The van der Waals surface area contributed by atoms with Crippen LogP contribution in [0.5, 0.6) is 11.5 Å². The van der Waals surface area contributed by atoms with Crippen LogP contribution in [0.25, 0.3) is 0 Å². The predicted octanol–water partition coefficient (Wildman–Crippen LogP) is 4.10. The lowest BCUT2D eigenvalue weighted by Gasteiger charge is -2.08. The molecule has 5 nitrogen and oxygen atoms in total. The van der Waals surface area contributed by atoms with E-state index in [1.54, 1.807) is 0 Å². The van der Waals surface area contributed by atoms with Crippen molar-refractivity contribution in [3.05, 3.63) is 62.4 Å². The third kappa shape index (κ3) is 3.00. The van der Waals surface area contributed by atoms with Crippen LogP contribution in [0, 0.1) is 15.9 Å². The smallest absolute Gasteiger partial charge is 0.314 e. The van der Waals surface area contributed by atoms with Crippen LogP contribution in [0.3, 0.4) is 0 Å². The first kappa shape index (κ1) is 14.1. The molecule has 0 aromatic heterocycles. The van der Waals surface area contributed by atoms with E-state index in [9.17, 15) is 19.3 Å². The topological polar surface area (TPSA) is 69.4 Å². The Labute approximate surface area is 121 Å². The SMILES string of the molecule is O=Cc1ccc(Oc2ccc(F)cc2[N+](=O)[O-])c(Br)c1. The van der Waals surface area contributed by atoms with Crippen LogP contribution < -0.4 is 4.74 Å². The first-order valence-corrected chi connectivity index (χ1v) is 6.17. The molecular formula is C13H7BrFNO4. The monoisotopic (exact) mass is 339 g/mol. The lowest BCUT2D eigenvalue weighted by Crippen LogP contribution is -1.95. The van der Waals surface area contributed by atoms with Crippen LogP contribution in [-0.4, -0.2) is 11.2 Å². The van der Waals surface area contributed by atoms with Crippen LogP contribution >= 0.6 is 15.9 Å². The van der Waals surface area contributed by atoms with Gasteiger partial charge in [-0.3, -0.25) is 14.9 Å². The van der Waals surface area contributed by atoms with Gasteiger partial charge in [-0.25, -0.2) is 4.39 Å². The first-order chi connectivity index (χ1) is 9.51. The van der Waals surface area contributed by atoms with Crippen molar-refractivity contribution in [2.45, 2.75) is 0 Å². The minimum Gasteiger partial charge on any atom is -0.449 e. The van der Waals surface area contributed by atoms with Gasteiger partial charge >= 0.3 is 5.69 Å². The minimum atomic E-state index is -0.730. The summed E-state index contributed by atoms with van der Waals surface area (Å²) in [7, 11) is 0. The third-order valence-corrected chi connectivity index (χ3v) is 3.05. The van der Waals surface area contributed by atoms with E-state index in [2.05, 4.69) is 15.9 Å². The molecule has 0 N–H and O–H groups in total. The number of hydrogen-bond donors (Lipinski definition) is 0. The standard InChI is InChI=1S/C13H7BrFNO4/c14-10-5-8(7-17)1-3-12(10)20-13-4-2-9(15)6-11(13)16(18)19/h1-7H. The number of hydrogen-bond acceptors (Lipinski definition) is 4. The minimum absolute atomic E-state index is 0.0871. The average molecular weight is 340 g/mol. The fourth-order valence-corrected chi connectivity index (χ4v) is 1.99. The molecule has 2 aromatic rings. The Morgan fingerprint density at radius 1 is 1.20 bits per heavy atom. The molecule has 0 saturated carbocycles. The van der Waals surface area contributed by atoms with Gasteiger partial charge in [-0.05, 0) is 46.3 Å². The number of nitro groups is 1. The zero-order valence-electron chi connectivity index (χ0n) is 9.88. The average Bonchev–Trinajstić information content (AvgIpc) is 2.42. The molecule has 0 saturated heterocycles. The summed E-state index contributed by atoms with van der Waals surface area (Å²) < 4.78 is 18.9. The van der Waals surface area contributed by atoms with Gasteiger partial charge in [-0.1, -0.05) is 0 Å². The van der Waals surface area contributed by atoms with E-state index in [0.29, 0.717) is 16.3 Å². The Morgan fingerprint density at radius 2 is 1.90 bits per heavy atom. The molecule has 0 heterocycles. The van der Waals surface area contributed by atoms with Crippen LogP contribution in [0.4, 0.5) is 10.1 Å². The number of benzene rings is 2. The van der Waals surface area contributed by atoms with E-state index >= 15 is 0 Å². The van der Waals surface area contributed by atoms with Gasteiger partial charge in [-0.15, -0.1) is 0 Å². The van der Waals surface area contributed by atoms with Crippen LogP contribution in [0.2, 0.25) is 0 Å². The van der Waals surface area contributed by atoms with Crippen molar-refractivity contribution in [1.82, 2.24) is 0 Å². The van der Waals surface area contributed by atoms with E-state index in [1.165, 1.54) is 24.3 Å². The quantitative estimate of drug-likeness (QED) is 0.477. The van der Waals surface area contributed by atoms with Gasteiger partial charge in [0.15, 0.2) is 0 Å². The Kier molecular flexibility index (Phi) is 4.09. The van der Waals surface area contributed by atoms with E-state index < -0.39 is 16.4 Å². The zero-order valence-corrected chi connectivity index (χ0v) is 11.5. The molecule has 2 aromatic carbocycles. The van der Waals surface area contributed by atoms with Crippen LogP contribution in [0.15, 0.2) is 40.9 Å². The maximum absolute atomic E-state index is 13.0. The van der Waals surface area contributed by atoms with Gasteiger partial charge in [0, 0.05) is 5.56 Å². The Balaban J connectivity index is 2.39. The van der Waals surface area contributed by atoms with Gasteiger partial charge in [0.2, 0.25) is 5.75 Å². The van der Waals surface area contributed by atoms with Gasteiger partial charge in [-0.2, -0.15) is 0 Å². The van der Waals surface area contributed by atoms with E-state index in [1.807, 2.05) is 0 Å². The summed E-state index contributed by atoms with van der Waals surface area (Å²) in [5.74, 6) is -0.527. The summed E-state index contributed by atoms with van der Waals surface area (Å²) in [5, 5.41) is 10.9. The second-order valence-corrected chi connectivity index (χ2v) is 4.63. The lowest BCUT2D eigenvalue weighted by atomic mass is 10.2. The molecule has 0 aliphatic carbocycles. The molecule has 0 unspecified atom stereocenters. The molecule has 0 bridgehead atoms. The fourth-order valence-electron chi connectivity index (χ4n) is 1.51. The highest BCUT2D eigenvalue weighted by molar-refractivity contribution is 9.10. The van der Waals surface area contributed by atoms with E-state index in [4.69, 9.17) is 4.74 Å². The third-order valence-electron chi connectivity index (χ3n) is 2.43. The summed E-state index contributed by atoms with van der Waals surface area (Å²) >= 11 is 3.19. The number of halogens is 2. The second kappa shape index (κ2) is 5.79. The fraction of sp³-hybridized carbons (Fsp3) is 0. The summed E-state index contributed by atoms with van der Waals surface area (Å²) in [5.41, 5.74) is -0.0470. The van der Waals surface area contributed by atoms with Gasteiger partial charge in [0.25, 0.3) is 0 Å². The normalized spacial score (nSPS) is 10.1. The summed E-state index contributed by atoms with van der Waals surface area (Å²) in [6.45, 7) is 0. The van der Waals surface area contributed by atoms with Crippen molar-refractivity contribution in [3.8, 4) is 11.5 Å². The molecule has 0 aliphatic rings. The highest BCUT2D eigenvalue weighted by atomic mass is 79.9. The van der Waals surface area contributed by atoms with Crippen molar-refractivity contribution in [1.29, 1.82) is 0 Å². The van der Waals surface area contributed by atoms with Gasteiger partial charge in [0.1, 0.15) is 17.9 Å². The maximum Gasteiger partial charge on any atom is 0.314 e. The molecule has 0 amide bonds. The van der Waals surface area contributed by atoms with Crippen LogP contribution in [0.1, 0.15) is 10.4 Å². The predicted molar refractivity (Wildman–Crippen MR) is 72.7 cm³/mol. The van der Waals surface area contributed by atoms with Crippen LogP contribution in [-0.2, 0) is 0 Å². The molecular weight excluding hydrogens is 333 g/mol. The lowest BCUT2D eigenvalue weighted by molar-refractivity contribution is -0.385. The van der Waals surface area contributed by atoms with Crippen molar-refractivity contribution in [3.63, 3.8) is 0 Å². The Morgan fingerprint density at radius 3 is 2.50 bits per heavy atom. The number of rotatable bonds is 4. The van der Waals surface area contributed by atoms with E-state index in [0.717, 1.165) is 12.1 Å². The Hall–Kier alpha value is -2.28. The van der Waals surface area contributed by atoms with Crippen molar-refractivity contribution in [2.75, 3.05) is 0 Å². The molecule has 0 atom stereocenters. The second-order valence-electron chi connectivity index (χ2n) is 3.78. The van der Waals surface area contributed by atoms with Gasteiger partial charge in [0.05, 0.1) is 15.5 Å². The van der Waals surface area contributed by atoms with Gasteiger partial charge < -0.3 is 4.74 Å². The van der Waals surface area contributed by atoms with E-state index in [-0.39, 0.29) is 11.5 Å². The number of nitrogens with zero attached hydrogens (tertiary/aromatic N) is 1. The number of aldehydes is 1. The highest BCUT2D eigenvalue weighted by Gasteiger charge is 2.18. The summed E-state index contributed by atoms with van der Waals surface area (Å²) in [6, 6.07) is 7.52. The molecule has 0 spiro atoms. The molecule has 0 radical (unpaired) electrons. The van der Waals surface area contributed by atoms with Crippen molar-refractivity contribution < 1.29 is 18.8 Å². The molecule has 0 aliphatic heterocycles. The summed E-state index contributed by atoms with van der Waals surface area (Å²) in [4.78, 5) is 20.7. The molecule has 2 rings (SSSR count). The number of carbonyl (C=O) groups is 1. The molecule has 102 valence electrons. The van der Waals surface area contributed by atoms with Crippen molar-refractivity contribution in [2.24, 2.45) is 0 Å². The largest absolute Gasteiger partial charge is 0.449 e. The zero-order chi connectivity index (χ0) is 14.7. The van der Waals surface area contributed by atoms with Crippen molar-refractivity contribution >= 4 is 27.9 Å². The molecule has 20 heavy (non-hydrogen) atoms. The number of nitro benzene ring substituents is 1. The maximum atomic E-state index is 13.0. The summed E-state index contributed by atoms with van der Waals surface area (Å²) in [6.07, 6.45) is 0.662. The molecule has 7 heteroatoms. The number of ether oxygens (including phenoxy) is 1.